The lowest BCUT2D eigenvalue weighted by Gasteiger charge is -2.23. The third-order valence-corrected chi connectivity index (χ3v) is 3.19. The summed E-state index contributed by atoms with van der Waals surface area (Å²) in [4.78, 5) is 22.5. The van der Waals surface area contributed by atoms with Crippen molar-refractivity contribution < 1.29 is 19.1 Å². The molecule has 0 atom stereocenters. The van der Waals surface area contributed by atoms with Crippen molar-refractivity contribution in [3.8, 4) is 0 Å². The van der Waals surface area contributed by atoms with Gasteiger partial charge in [0.1, 0.15) is 11.2 Å². The number of alkyl halides is 1. The van der Waals surface area contributed by atoms with Gasteiger partial charge in [-0.2, -0.15) is 0 Å². The first-order chi connectivity index (χ1) is 7.56. The second-order valence-electron chi connectivity index (χ2n) is 5.03. The Kier molecular flexibility index (Phi) is 6.00. The third-order valence-electron chi connectivity index (χ3n) is 1.36. The highest BCUT2D eigenvalue weighted by atomic mass is 127. The van der Waals surface area contributed by atoms with Crippen LogP contribution in [0.1, 0.15) is 34.6 Å². The molecule has 17 heavy (non-hydrogen) atoms. The normalized spacial score (nSPS) is 11.6. The van der Waals surface area contributed by atoms with Crippen LogP contribution in [0.25, 0.3) is 0 Å². The Labute approximate surface area is 115 Å². The van der Waals surface area contributed by atoms with Gasteiger partial charge >= 0.3 is 12.2 Å². The summed E-state index contributed by atoms with van der Waals surface area (Å²) in [5.74, 6) is 0. The van der Waals surface area contributed by atoms with Crippen LogP contribution in [0.15, 0.2) is 0 Å². The number of hydrogen-bond acceptors (Lipinski definition) is 4. The van der Waals surface area contributed by atoms with Gasteiger partial charge in [0, 0.05) is 4.43 Å². The molecular weight excluding hydrogens is 339 g/mol. The highest BCUT2D eigenvalue weighted by Crippen LogP contribution is 2.12. The Hall–Kier alpha value is -0.730. The summed E-state index contributed by atoms with van der Waals surface area (Å²) in [6, 6.07) is 0. The fraction of sp³-hybridized carbons (Fsp3) is 0.800. The molecule has 2 amide bonds. The van der Waals surface area contributed by atoms with E-state index < -0.39 is 23.4 Å². The average Bonchev–Trinajstić information content (AvgIpc) is 2.11. The number of carbonyl (C=O) groups excluding carboxylic acids is 2. The van der Waals surface area contributed by atoms with E-state index in [2.05, 4.69) is 33.4 Å². The molecule has 0 spiro atoms. The molecule has 0 saturated heterocycles. The first-order valence-corrected chi connectivity index (χ1v) is 6.62. The Morgan fingerprint density at radius 3 is 1.76 bits per heavy atom. The molecule has 0 radical (unpaired) electrons. The van der Waals surface area contributed by atoms with Crippen LogP contribution < -0.4 is 10.9 Å². The predicted molar refractivity (Wildman–Crippen MR) is 72.0 cm³/mol. The fourth-order valence-electron chi connectivity index (χ4n) is 0.709. The summed E-state index contributed by atoms with van der Waals surface area (Å²) >= 11 is 2.11. The maximum Gasteiger partial charge on any atom is 0.426 e. The molecule has 0 fully saturated rings. The number of halogens is 1. The molecule has 0 aromatic heterocycles. The maximum absolute atomic E-state index is 11.3. The van der Waals surface area contributed by atoms with Crippen molar-refractivity contribution in [2.45, 2.75) is 45.8 Å². The zero-order chi connectivity index (χ0) is 13.7. The lowest BCUT2D eigenvalue weighted by molar-refractivity contribution is 0.0385. The Morgan fingerprint density at radius 1 is 1.00 bits per heavy atom. The molecule has 0 saturated carbocycles. The maximum atomic E-state index is 11.3. The summed E-state index contributed by atoms with van der Waals surface area (Å²) in [6.07, 6.45) is -1.46. The first kappa shape index (κ1) is 16.3. The zero-order valence-electron chi connectivity index (χ0n) is 10.7. The fourth-order valence-corrected chi connectivity index (χ4v) is 0.865. The minimum atomic E-state index is -0.735. The average molecular weight is 358 g/mol. The van der Waals surface area contributed by atoms with Crippen molar-refractivity contribution in [1.82, 2.24) is 10.9 Å². The quantitative estimate of drug-likeness (QED) is 0.451. The van der Waals surface area contributed by atoms with Crippen molar-refractivity contribution in [1.29, 1.82) is 0 Å². The Bertz CT molecular complexity index is 287. The van der Waals surface area contributed by atoms with Crippen LogP contribution in [0, 0.1) is 0 Å². The molecule has 6 nitrogen and oxygen atoms in total. The second-order valence-corrected chi connectivity index (χ2v) is 5.80. The molecular formula is C10H19IN2O4. The molecule has 0 aliphatic carbocycles. The van der Waals surface area contributed by atoms with Gasteiger partial charge in [-0.1, -0.05) is 22.6 Å². The van der Waals surface area contributed by atoms with Gasteiger partial charge in [-0.15, -0.1) is 0 Å². The minimum absolute atomic E-state index is 0.583. The van der Waals surface area contributed by atoms with E-state index in [4.69, 9.17) is 9.47 Å². The molecule has 7 heteroatoms. The van der Waals surface area contributed by atoms with E-state index in [1.54, 1.807) is 34.6 Å². The van der Waals surface area contributed by atoms with Crippen molar-refractivity contribution in [3.05, 3.63) is 0 Å². The highest BCUT2D eigenvalue weighted by molar-refractivity contribution is 14.1. The Balaban J connectivity index is 3.97. The van der Waals surface area contributed by atoms with Gasteiger partial charge in [-0.3, -0.25) is 0 Å². The van der Waals surface area contributed by atoms with Crippen LogP contribution in [0.4, 0.5) is 9.59 Å². The van der Waals surface area contributed by atoms with E-state index in [0.717, 1.165) is 0 Å². The smallest absolute Gasteiger partial charge is 0.426 e. The molecule has 0 rings (SSSR count). The van der Waals surface area contributed by atoms with Gasteiger partial charge in [0.2, 0.25) is 0 Å². The van der Waals surface area contributed by atoms with E-state index in [-0.39, 0.29) is 0 Å². The van der Waals surface area contributed by atoms with Crippen LogP contribution in [-0.2, 0) is 9.47 Å². The minimum Gasteiger partial charge on any atom is -0.443 e. The number of ether oxygens (including phenoxy) is 2. The van der Waals surface area contributed by atoms with Gasteiger partial charge in [0.05, 0.1) is 0 Å². The molecule has 0 aromatic carbocycles. The van der Waals surface area contributed by atoms with E-state index in [1.165, 1.54) is 0 Å². The summed E-state index contributed by atoms with van der Waals surface area (Å²) in [5, 5.41) is 0. The summed E-state index contributed by atoms with van der Waals surface area (Å²) in [7, 11) is 0. The third kappa shape index (κ3) is 9.02. The van der Waals surface area contributed by atoms with Crippen molar-refractivity contribution in [2.75, 3.05) is 4.43 Å². The number of hydrazine groups is 1. The van der Waals surface area contributed by atoms with Gasteiger partial charge in [0.15, 0.2) is 0 Å². The highest BCUT2D eigenvalue weighted by Gasteiger charge is 2.22. The van der Waals surface area contributed by atoms with Crippen LogP contribution in [-0.4, -0.2) is 27.8 Å². The van der Waals surface area contributed by atoms with Crippen molar-refractivity contribution in [3.63, 3.8) is 0 Å². The van der Waals surface area contributed by atoms with E-state index in [0.29, 0.717) is 4.43 Å². The lowest BCUT2D eigenvalue weighted by atomic mass is 10.2. The second kappa shape index (κ2) is 6.27. The molecule has 2 N–H and O–H groups in total. The zero-order valence-corrected chi connectivity index (χ0v) is 12.9. The molecule has 0 bridgehead atoms. The summed E-state index contributed by atoms with van der Waals surface area (Å²) in [5.41, 5.74) is 3.01. The number of rotatable bonds is 2. The molecule has 100 valence electrons. The van der Waals surface area contributed by atoms with E-state index in [1.807, 2.05) is 0 Å². The van der Waals surface area contributed by atoms with Crippen LogP contribution >= 0.6 is 22.6 Å². The predicted octanol–water partition coefficient (Wildman–Crippen LogP) is 2.37. The van der Waals surface area contributed by atoms with E-state index >= 15 is 0 Å². The van der Waals surface area contributed by atoms with Crippen LogP contribution in [0.2, 0.25) is 0 Å². The molecule has 0 heterocycles. The summed E-state index contributed by atoms with van der Waals surface area (Å²) < 4.78 is 10.6. The molecule has 0 aromatic rings. The van der Waals surface area contributed by atoms with Crippen molar-refractivity contribution in [2.24, 2.45) is 0 Å². The number of hydrogen-bond donors (Lipinski definition) is 2. The van der Waals surface area contributed by atoms with Gasteiger partial charge in [-0.05, 0) is 34.6 Å². The number of nitrogens with one attached hydrogen (secondary N) is 2. The van der Waals surface area contributed by atoms with Crippen LogP contribution in [0.5, 0.6) is 0 Å². The van der Waals surface area contributed by atoms with Crippen LogP contribution in [0.3, 0.4) is 0 Å². The van der Waals surface area contributed by atoms with E-state index in [9.17, 15) is 9.59 Å². The topological polar surface area (TPSA) is 76.7 Å². The Morgan fingerprint density at radius 2 is 1.41 bits per heavy atom. The standard InChI is InChI=1S/C10H19IN2O4/c1-9(2,3)16-7(14)12-13-8(15)17-10(4,5)6-11/h6H2,1-5H3,(H,12,14)(H,13,15). The number of amides is 2. The van der Waals surface area contributed by atoms with Gasteiger partial charge in [-0.25, -0.2) is 20.4 Å². The first-order valence-electron chi connectivity index (χ1n) is 5.10. The molecule has 0 aliphatic heterocycles. The summed E-state index contributed by atoms with van der Waals surface area (Å²) in [6.45, 7) is 8.72. The van der Waals surface area contributed by atoms with Gasteiger partial charge in [0.25, 0.3) is 0 Å². The molecule has 0 unspecified atom stereocenters. The monoisotopic (exact) mass is 358 g/mol. The SMILES string of the molecule is CC(C)(C)OC(=O)NNC(=O)OC(C)(C)CI. The largest absolute Gasteiger partial charge is 0.443 e. The van der Waals surface area contributed by atoms with Gasteiger partial charge < -0.3 is 9.47 Å². The lowest BCUT2D eigenvalue weighted by Crippen LogP contribution is -2.46. The molecule has 0 aliphatic rings. The number of carbonyl (C=O) groups is 2. The van der Waals surface area contributed by atoms with Crippen molar-refractivity contribution >= 4 is 34.8 Å².